The van der Waals surface area contributed by atoms with Crippen LogP contribution in [0, 0.1) is 19.8 Å². The van der Waals surface area contributed by atoms with Crippen molar-refractivity contribution in [1.29, 1.82) is 0 Å². The fourth-order valence-corrected chi connectivity index (χ4v) is 1.00. The third-order valence-corrected chi connectivity index (χ3v) is 1.87. The third-order valence-electron chi connectivity index (χ3n) is 1.87. The number of unbranched alkanes of at least 4 members (excludes halogenated alkanes) is 3. The largest absolute Gasteiger partial charge is 2.00 e. The maximum Gasteiger partial charge on any atom is 2.00 e. The Bertz CT molecular complexity index is 61.9. The molecule has 0 amide bonds. The van der Waals surface area contributed by atoms with Crippen molar-refractivity contribution in [2.24, 2.45) is 5.92 Å². The van der Waals surface area contributed by atoms with E-state index in [-0.39, 0.29) is 26.2 Å². The number of hydrogen-bond donors (Lipinski definition) is 0. The molecule has 0 rings (SSSR count). The number of hydrogen-bond acceptors (Lipinski definition) is 0. The van der Waals surface area contributed by atoms with Crippen molar-refractivity contribution < 1.29 is 26.2 Å². The van der Waals surface area contributed by atoms with Crippen LogP contribution in [-0.4, -0.2) is 0 Å². The normalized spacial score (nSPS) is 12.3. The van der Waals surface area contributed by atoms with E-state index in [9.17, 15) is 0 Å². The first kappa shape index (κ1) is 14.4. The molecule has 0 saturated carbocycles. The molecule has 0 aromatic heterocycles. The van der Waals surface area contributed by atoms with Gasteiger partial charge in [0.2, 0.25) is 0 Å². The van der Waals surface area contributed by atoms with E-state index in [2.05, 4.69) is 20.8 Å². The summed E-state index contributed by atoms with van der Waals surface area (Å²) >= 11 is 0. The molecule has 0 bridgehead atoms. The van der Waals surface area contributed by atoms with Gasteiger partial charge < -0.3 is 13.8 Å². The Labute approximate surface area is 91.3 Å². The average Bonchev–Trinajstić information content (AvgIpc) is 1.98. The van der Waals surface area contributed by atoms with Crippen molar-refractivity contribution in [1.82, 2.24) is 0 Å². The molecule has 0 N–H and O–H groups in total. The predicted molar refractivity (Wildman–Crippen MR) is 47.6 cm³/mol. The Balaban J connectivity index is 0. The van der Waals surface area contributed by atoms with Gasteiger partial charge in [0.15, 0.2) is 0 Å². The van der Waals surface area contributed by atoms with Crippen molar-refractivity contribution in [2.45, 2.75) is 45.4 Å². The zero-order chi connectivity index (χ0) is 7.82. The monoisotopic (exact) mass is 230 g/mol. The molecule has 0 nitrogen and oxygen atoms in total. The van der Waals surface area contributed by atoms with Crippen LogP contribution in [0.5, 0.6) is 0 Å². The SMILES string of the molecule is [CH2-]CC([CH2-])CCCCCC.[Zr+2]. The summed E-state index contributed by atoms with van der Waals surface area (Å²) in [5, 5.41) is 0. The Morgan fingerprint density at radius 2 is 1.82 bits per heavy atom. The molecular weight excluding hydrogens is 211 g/mol. The van der Waals surface area contributed by atoms with Crippen LogP contribution in [0.1, 0.15) is 45.4 Å². The summed E-state index contributed by atoms with van der Waals surface area (Å²) in [4.78, 5) is 0. The predicted octanol–water partition coefficient (Wildman–Crippen LogP) is 3.63. The van der Waals surface area contributed by atoms with Gasteiger partial charge in [-0.05, 0) is 0 Å². The number of rotatable bonds is 6. The first-order valence-corrected chi connectivity index (χ1v) is 4.43. The first-order chi connectivity index (χ1) is 4.81. The third kappa shape index (κ3) is 10.9. The van der Waals surface area contributed by atoms with Crippen molar-refractivity contribution in [3.05, 3.63) is 13.8 Å². The fraction of sp³-hybridized carbons (Fsp3) is 0.800. The van der Waals surface area contributed by atoms with E-state index in [0.717, 1.165) is 6.42 Å². The van der Waals surface area contributed by atoms with Crippen LogP contribution >= 0.6 is 0 Å². The molecule has 0 radical (unpaired) electrons. The van der Waals surface area contributed by atoms with Gasteiger partial charge in [-0.3, -0.25) is 0 Å². The zero-order valence-electron chi connectivity index (χ0n) is 7.73. The van der Waals surface area contributed by atoms with E-state index in [1.54, 1.807) is 0 Å². The average molecular weight is 231 g/mol. The second-order valence-corrected chi connectivity index (χ2v) is 3.00. The fourth-order valence-electron chi connectivity index (χ4n) is 1.00. The molecule has 1 atom stereocenters. The molecule has 1 heteroatoms. The molecule has 64 valence electrons. The van der Waals surface area contributed by atoms with Crippen LogP contribution in [0.4, 0.5) is 0 Å². The van der Waals surface area contributed by atoms with E-state index < -0.39 is 0 Å². The van der Waals surface area contributed by atoms with E-state index in [1.807, 2.05) is 0 Å². The van der Waals surface area contributed by atoms with Crippen molar-refractivity contribution >= 4 is 0 Å². The topological polar surface area (TPSA) is 0 Å². The molecule has 0 heterocycles. The van der Waals surface area contributed by atoms with Crippen molar-refractivity contribution in [2.75, 3.05) is 0 Å². The molecule has 0 fully saturated rings. The smallest absolute Gasteiger partial charge is 0.345 e. The van der Waals surface area contributed by atoms with Crippen LogP contribution in [0.3, 0.4) is 0 Å². The molecule has 0 saturated heterocycles. The zero-order valence-corrected chi connectivity index (χ0v) is 10.2. The Hall–Kier alpha value is 0.883. The summed E-state index contributed by atoms with van der Waals surface area (Å²) in [6, 6.07) is 0. The van der Waals surface area contributed by atoms with E-state index in [1.165, 1.54) is 32.1 Å². The molecule has 0 aliphatic carbocycles. The van der Waals surface area contributed by atoms with Crippen LogP contribution in [0.2, 0.25) is 0 Å². The van der Waals surface area contributed by atoms with Gasteiger partial charge in [0, 0.05) is 0 Å². The van der Waals surface area contributed by atoms with Crippen molar-refractivity contribution in [3.8, 4) is 0 Å². The summed E-state index contributed by atoms with van der Waals surface area (Å²) in [6.45, 7) is 10.1. The maximum atomic E-state index is 3.99. The minimum Gasteiger partial charge on any atom is -0.345 e. The standard InChI is InChI=1S/C10H20.Zr/c1-4-6-7-8-9-10(3)5-2;/h10H,2-9H2,1H3;/q-2;+2. The molecule has 0 aromatic rings. The van der Waals surface area contributed by atoms with Gasteiger partial charge in [-0.1, -0.05) is 39.0 Å². The summed E-state index contributed by atoms with van der Waals surface area (Å²) in [5.41, 5.74) is 0. The van der Waals surface area contributed by atoms with Gasteiger partial charge in [-0.2, -0.15) is 5.92 Å². The molecule has 0 spiro atoms. The molecule has 0 aromatic carbocycles. The minimum atomic E-state index is 0. The molecule has 0 aliphatic heterocycles. The maximum absolute atomic E-state index is 3.99. The summed E-state index contributed by atoms with van der Waals surface area (Å²) < 4.78 is 0. The van der Waals surface area contributed by atoms with Gasteiger partial charge in [-0.25, -0.2) is 6.42 Å². The van der Waals surface area contributed by atoms with Gasteiger partial charge in [0.05, 0.1) is 0 Å². The van der Waals surface area contributed by atoms with Crippen molar-refractivity contribution in [3.63, 3.8) is 0 Å². The Morgan fingerprint density at radius 1 is 1.18 bits per heavy atom. The first-order valence-electron chi connectivity index (χ1n) is 4.43. The Morgan fingerprint density at radius 3 is 2.27 bits per heavy atom. The molecule has 11 heavy (non-hydrogen) atoms. The van der Waals surface area contributed by atoms with E-state index in [0.29, 0.717) is 5.92 Å². The van der Waals surface area contributed by atoms with Crippen LogP contribution in [0.15, 0.2) is 0 Å². The second kappa shape index (κ2) is 10.9. The molecule has 0 aliphatic rings. The minimum absolute atomic E-state index is 0. The van der Waals surface area contributed by atoms with Crippen LogP contribution in [-0.2, 0) is 26.2 Å². The van der Waals surface area contributed by atoms with E-state index in [4.69, 9.17) is 0 Å². The second-order valence-electron chi connectivity index (χ2n) is 3.00. The quantitative estimate of drug-likeness (QED) is 0.484. The van der Waals surface area contributed by atoms with E-state index >= 15 is 0 Å². The Kier molecular flexibility index (Phi) is 14.3. The van der Waals surface area contributed by atoms with Gasteiger partial charge in [0.1, 0.15) is 0 Å². The van der Waals surface area contributed by atoms with Gasteiger partial charge >= 0.3 is 26.2 Å². The van der Waals surface area contributed by atoms with Crippen LogP contribution < -0.4 is 0 Å². The van der Waals surface area contributed by atoms with Crippen LogP contribution in [0.25, 0.3) is 0 Å². The van der Waals surface area contributed by atoms with Gasteiger partial charge in [0.25, 0.3) is 0 Å². The molecular formula is C10H20Zr. The molecule has 1 unspecified atom stereocenters. The van der Waals surface area contributed by atoms with Gasteiger partial charge in [-0.15, -0.1) is 0 Å². The summed E-state index contributed by atoms with van der Waals surface area (Å²) in [6.07, 6.45) is 7.69. The summed E-state index contributed by atoms with van der Waals surface area (Å²) in [7, 11) is 0. The summed E-state index contributed by atoms with van der Waals surface area (Å²) in [5.74, 6) is 0.594.